The third kappa shape index (κ3) is 3.76. The molecule has 0 bridgehead atoms. The minimum atomic E-state index is -0.314. The highest BCUT2D eigenvalue weighted by atomic mass is 79.9. The van der Waals surface area contributed by atoms with Crippen molar-refractivity contribution in [2.75, 3.05) is 13.7 Å². The Balaban J connectivity index is 2.50. The average Bonchev–Trinajstić information content (AvgIpc) is 2.48. The summed E-state index contributed by atoms with van der Waals surface area (Å²) in [4.78, 5) is 0. The van der Waals surface area contributed by atoms with Crippen molar-refractivity contribution in [1.82, 2.24) is 5.32 Å². The van der Waals surface area contributed by atoms with Crippen molar-refractivity contribution in [1.29, 1.82) is 0 Å². The van der Waals surface area contributed by atoms with E-state index in [1.807, 2.05) is 19.1 Å². The van der Waals surface area contributed by atoms with Crippen molar-refractivity contribution < 1.29 is 9.13 Å². The molecular formula is C16H16BrClFNO. The molecule has 0 aliphatic rings. The second kappa shape index (κ2) is 7.25. The first-order valence-electron chi connectivity index (χ1n) is 6.58. The maximum absolute atomic E-state index is 14.2. The van der Waals surface area contributed by atoms with Crippen molar-refractivity contribution in [3.8, 4) is 5.75 Å². The van der Waals surface area contributed by atoms with E-state index in [4.69, 9.17) is 16.3 Å². The quantitative estimate of drug-likeness (QED) is 0.802. The summed E-state index contributed by atoms with van der Waals surface area (Å²) in [6.45, 7) is 2.67. The van der Waals surface area contributed by atoms with Crippen molar-refractivity contribution in [3.63, 3.8) is 0 Å². The van der Waals surface area contributed by atoms with Crippen LogP contribution in [0.15, 0.2) is 40.9 Å². The molecule has 0 saturated heterocycles. The Kier molecular flexibility index (Phi) is 5.62. The number of halogens is 3. The van der Waals surface area contributed by atoms with Gasteiger partial charge in [-0.1, -0.05) is 40.5 Å². The van der Waals surface area contributed by atoms with Crippen molar-refractivity contribution in [3.05, 3.63) is 62.8 Å². The summed E-state index contributed by atoms with van der Waals surface area (Å²) in [5.41, 5.74) is 1.37. The molecule has 5 heteroatoms. The first-order valence-corrected chi connectivity index (χ1v) is 7.75. The Bertz CT molecular complexity index is 636. The van der Waals surface area contributed by atoms with Gasteiger partial charge in [-0.05, 0) is 42.4 Å². The molecule has 2 nitrogen and oxygen atoms in total. The van der Waals surface area contributed by atoms with Gasteiger partial charge in [0.25, 0.3) is 0 Å². The van der Waals surface area contributed by atoms with Gasteiger partial charge in [-0.15, -0.1) is 0 Å². The van der Waals surface area contributed by atoms with Crippen LogP contribution in [0.1, 0.15) is 24.1 Å². The molecule has 0 radical (unpaired) electrons. The molecule has 0 aromatic heterocycles. The van der Waals surface area contributed by atoms with Gasteiger partial charge in [0.1, 0.15) is 11.6 Å². The van der Waals surface area contributed by atoms with Crippen LogP contribution >= 0.6 is 27.5 Å². The zero-order valence-electron chi connectivity index (χ0n) is 11.8. The molecule has 2 aromatic carbocycles. The van der Waals surface area contributed by atoms with Crippen LogP contribution in [-0.2, 0) is 0 Å². The van der Waals surface area contributed by atoms with Gasteiger partial charge in [-0.25, -0.2) is 4.39 Å². The van der Waals surface area contributed by atoms with Gasteiger partial charge in [0.05, 0.1) is 13.2 Å². The zero-order chi connectivity index (χ0) is 15.4. The lowest BCUT2D eigenvalue weighted by atomic mass is 9.98. The second-order valence-electron chi connectivity index (χ2n) is 4.54. The molecule has 21 heavy (non-hydrogen) atoms. The van der Waals surface area contributed by atoms with Crippen LogP contribution in [-0.4, -0.2) is 13.7 Å². The van der Waals surface area contributed by atoms with Gasteiger partial charge in [-0.2, -0.15) is 0 Å². The molecule has 0 fully saturated rings. The molecule has 0 heterocycles. The van der Waals surface area contributed by atoms with E-state index in [1.165, 1.54) is 6.07 Å². The number of hydrogen-bond acceptors (Lipinski definition) is 2. The summed E-state index contributed by atoms with van der Waals surface area (Å²) in [7, 11) is 1.58. The normalized spacial score (nSPS) is 12.2. The predicted octanol–water partition coefficient (Wildman–Crippen LogP) is 4.95. The van der Waals surface area contributed by atoms with E-state index >= 15 is 0 Å². The van der Waals surface area contributed by atoms with E-state index in [1.54, 1.807) is 25.3 Å². The Morgan fingerprint density at radius 1 is 1.24 bits per heavy atom. The molecule has 2 rings (SSSR count). The number of rotatable bonds is 5. The van der Waals surface area contributed by atoms with Crippen LogP contribution in [0.25, 0.3) is 0 Å². The van der Waals surface area contributed by atoms with Gasteiger partial charge >= 0.3 is 0 Å². The van der Waals surface area contributed by atoms with Crippen molar-refractivity contribution in [2.24, 2.45) is 0 Å². The van der Waals surface area contributed by atoms with Gasteiger partial charge < -0.3 is 10.1 Å². The average molecular weight is 373 g/mol. The van der Waals surface area contributed by atoms with Gasteiger partial charge in [0.2, 0.25) is 0 Å². The van der Waals surface area contributed by atoms with Gasteiger partial charge in [-0.3, -0.25) is 0 Å². The molecular weight excluding hydrogens is 357 g/mol. The SMILES string of the molecule is CCNC(c1cc(Br)ccc1F)c1ccc(OC)cc1Cl. The van der Waals surface area contributed by atoms with Crippen LogP contribution in [0.2, 0.25) is 5.02 Å². The lowest BCUT2D eigenvalue weighted by molar-refractivity contribution is 0.414. The Labute approximate surface area is 137 Å². The first-order chi connectivity index (χ1) is 10.1. The minimum Gasteiger partial charge on any atom is -0.497 e. The molecule has 0 saturated carbocycles. The molecule has 0 aliphatic carbocycles. The number of benzene rings is 2. The maximum Gasteiger partial charge on any atom is 0.128 e. The number of methoxy groups -OCH3 is 1. The van der Waals surface area contributed by atoms with Crippen LogP contribution in [0.4, 0.5) is 4.39 Å². The third-order valence-corrected chi connectivity index (χ3v) is 4.02. The van der Waals surface area contributed by atoms with Crippen LogP contribution < -0.4 is 10.1 Å². The molecule has 112 valence electrons. The summed E-state index contributed by atoms with van der Waals surface area (Å²) in [6.07, 6.45) is 0. The third-order valence-electron chi connectivity index (χ3n) is 3.20. The fourth-order valence-corrected chi connectivity index (χ4v) is 2.85. The van der Waals surface area contributed by atoms with Crippen LogP contribution in [0, 0.1) is 5.82 Å². The summed E-state index contributed by atoms with van der Waals surface area (Å²) >= 11 is 9.71. The number of nitrogens with one attached hydrogen (secondary N) is 1. The molecule has 1 unspecified atom stereocenters. The smallest absolute Gasteiger partial charge is 0.128 e. The summed E-state index contributed by atoms with van der Waals surface area (Å²) in [5, 5.41) is 3.82. The fraction of sp³-hybridized carbons (Fsp3) is 0.250. The highest BCUT2D eigenvalue weighted by Gasteiger charge is 2.20. The molecule has 0 amide bonds. The second-order valence-corrected chi connectivity index (χ2v) is 5.87. The Hall–Kier alpha value is -1.10. The van der Waals surface area contributed by atoms with Crippen LogP contribution in [0.3, 0.4) is 0 Å². The van der Waals surface area contributed by atoms with E-state index in [-0.39, 0.29) is 11.9 Å². The number of hydrogen-bond donors (Lipinski definition) is 1. The Morgan fingerprint density at radius 2 is 2.00 bits per heavy atom. The summed E-state index contributed by atoms with van der Waals surface area (Å²) in [5.74, 6) is 0.407. The van der Waals surface area contributed by atoms with E-state index in [9.17, 15) is 4.39 Å². The largest absolute Gasteiger partial charge is 0.497 e. The van der Waals surface area contributed by atoms with E-state index < -0.39 is 0 Å². The summed E-state index contributed by atoms with van der Waals surface area (Å²) < 4.78 is 20.2. The van der Waals surface area contributed by atoms with Crippen molar-refractivity contribution >= 4 is 27.5 Å². The highest BCUT2D eigenvalue weighted by molar-refractivity contribution is 9.10. The molecule has 1 atom stereocenters. The van der Waals surface area contributed by atoms with Crippen LogP contribution in [0.5, 0.6) is 5.75 Å². The molecule has 0 aliphatic heterocycles. The Morgan fingerprint density at radius 3 is 2.62 bits per heavy atom. The maximum atomic E-state index is 14.2. The van der Waals surface area contributed by atoms with Gasteiger partial charge in [0.15, 0.2) is 0 Å². The topological polar surface area (TPSA) is 21.3 Å². The highest BCUT2D eigenvalue weighted by Crippen LogP contribution is 2.33. The van der Waals surface area contributed by atoms with Gasteiger partial charge in [0, 0.05) is 15.1 Å². The standard InChI is InChI=1S/C16H16BrClFNO/c1-3-20-16(13-8-10(17)4-7-15(13)19)12-6-5-11(21-2)9-14(12)18/h4-9,16,20H,3H2,1-2H3. The first kappa shape index (κ1) is 16.3. The zero-order valence-corrected chi connectivity index (χ0v) is 14.1. The van der Waals surface area contributed by atoms with E-state index in [2.05, 4.69) is 21.2 Å². The lowest BCUT2D eigenvalue weighted by Crippen LogP contribution is -2.23. The molecule has 0 spiro atoms. The summed E-state index contributed by atoms with van der Waals surface area (Å²) in [6, 6.07) is 9.99. The van der Waals surface area contributed by atoms with Crippen molar-refractivity contribution in [2.45, 2.75) is 13.0 Å². The monoisotopic (exact) mass is 371 g/mol. The molecule has 1 N–H and O–H groups in total. The lowest BCUT2D eigenvalue weighted by Gasteiger charge is -2.21. The predicted molar refractivity (Wildman–Crippen MR) is 87.6 cm³/mol. The molecule has 2 aromatic rings. The minimum absolute atomic E-state index is 0.268. The number of ether oxygens (including phenoxy) is 1. The fourth-order valence-electron chi connectivity index (χ4n) is 2.20. The van der Waals surface area contributed by atoms with E-state index in [0.717, 1.165) is 10.0 Å². The van der Waals surface area contributed by atoms with E-state index in [0.29, 0.717) is 22.9 Å².